The quantitative estimate of drug-likeness (QED) is 0.795. The molecule has 1 amide bonds. The Balaban J connectivity index is 1.77. The van der Waals surface area contributed by atoms with Crippen LogP contribution >= 0.6 is 11.8 Å². The van der Waals surface area contributed by atoms with E-state index in [1.807, 2.05) is 30.3 Å². The Morgan fingerprint density at radius 3 is 2.64 bits per heavy atom. The number of thioether (sulfide) groups is 1. The normalized spacial score (nSPS) is 18.0. The monoisotopic (exact) mass is 313 g/mol. The molecule has 1 aliphatic rings. The molecule has 0 bridgehead atoms. The van der Waals surface area contributed by atoms with Gasteiger partial charge in [0.2, 0.25) is 5.91 Å². The van der Waals surface area contributed by atoms with E-state index in [9.17, 15) is 9.18 Å². The van der Waals surface area contributed by atoms with Gasteiger partial charge in [-0.05, 0) is 17.7 Å². The largest absolute Gasteiger partial charge is 0.322 e. The standard InChI is InChI=1S/C18H16FNOS/c19-16-9-5-4-8-15(16)18-20(12-13-22-18)17(21)11-10-14-6-2-1-3-7-14/h1-11,18H,12-13H2/b11-10+/t18-/m0/s1. The molecular formula is C18H16FNOS. The van der Waals surface area contributed by atoms with Gasteiger partial charge in [-0.3, -0.25) is 4.79 Å². The highest BCUT2D eigenvalue weighted by atomic mass is 32.2. The van der Waals surface area contributed by atoms with E-state index in [2.05, 4.69) is 0 Å². The molecule has 0 radical (unpaired) electrons. The molecule has 1 saturated heterocycles. The summed E-state index contributed by atoms with van der Waals surface area (Å²) in [6.45, 7) is 0.641. The van der Waals surface area contributed by atoms with Crippen LogP contribution in [0.1, 0.15) is 16.5 Å². The van der Waals surface area contributed by atoms with Gasteiger partial charge in [-0.2, -0.15) is 0 Å². The smallest absolute Gasteiger partial charge is 0.247 e. The molecule has 2 nitrogen and oxygen atoms in total. The summed E-state index contributed by atoms with van der Waals surface area (Å²) in [6, 6.07) is 16.3. The fourth-order valence-electron chi connectivity index (χ4n) is 2.46. The second kappa shape index (κ2) is 6.79. The number of carbonyl (C=O) groups excluding carboxylic acids is 1. The number of amides is 1. The van der Waals surface area contributed by atoms with Gasteiger partial charge < -0.3 is 4.90 Å². The Bertz CT molecular complexity index is 686. The van der Waals surface area contributed by atoms with Crippen molar-refractivity contribution in [1.29, 1.82) is 0 Å². The molecule has 22 heavy (non-hydrogen) atoms. The molecule has 1 heterocycles. The van der Waals surface area contributed by atoms with E-state index in [-0.39, 0.29) is 17.1 Å². The van der Waals surface area contributed by atoms with Crippen molar-refractivity contribution in [2.24, 2.45) is 0 Å². The zero-order chi connectivity index (χ0) is 15.4. The Morgan fingerprint density at radius 1 is 1.14 bits per heavy atom. The molecule has 3 rings (SSSR count). The number of hydrogen-bond acceptors (Lipinski definition) is 2. The van der Waals surface area contributed by atoms with E-state index >= 15 is 0 Å². The Kier molecular flexibility index (Phi) is 4.59. The van der Waals surface area contributed by atoms with Gasteiger partial charge in [-0.1, -0.05) is 48.5 Å². The van der Waals surface area contributed by atoms with Gasteiger partial charge in [-0.25, -0.2) is 4.39 Å². The van der Waals surface area contributed by atoms with Gasteiger partial charge in [0, 0.05) is 23.9 Å². The lowest BCUT2D eigenvalue weighted by Gasteiger charge is -2.23. The summed E-state index contributed by atoms with van der Waals surface area (Å²) in [5.74, 6) is 0.484. The third kappa shape index (κ3) is 3.22. The van der Waals surface area contributed by atoms with Crippen LogP contribution in [0.3, 0.4) is 0 Å². The van der Waals surface area contributed by atoms with Crippen LogP contribution < -0.4 is 0 Å². The first-order valence-corrected chi connectivity index (χ1v) is 8.20. The van der Waals surface area contributed by atoms with Crippen LogP contribution in [-0.4, -0.2) is 23.1 Å². The molecule has 0 unspecified atom stereocenters. The third-order valence-corrected chi connectivity index (χ3v) is 4.81. The number of benzene rings is 2. The lowest BCUT2D eigenvalue weighted by molar-refractivity contribution is -0.126. The maximum Gasteiger partial charge on any atom is 0.247 e. The van der Waals surface area contributed by atoms with E-state index in [4.69, 9.17) is 0 Å². The minimum atomic E-state index is -0.258. The molecule has 0 spiro atoms. The van der Waals surface area contributed by atoms with Gasteiger partial charge in [0.15, 0.2) is 0 Å². The topological polar surface area (TPSA) is 20.3 Å². The molecule has 0 N–H and O–H groups in total. The molecule has 0 aromatic heterocycles. The maximum absolute atomic E-state index is 14.0. The fraction of sp³-hybridized carbons (Fsp3) is 0.167. The fourth-order valence-corrected chi connectivity index (χ4v) is 3.74. The zero-order valence-corrected chi connectivity index (χ0v) is 12.8. The molecule has 0 aliphatic carbocycles. The predicted molar refractivity (Wildman–Crippen MR) is 88.8 cm³/mol. The highest BCUT2D eigenvalue weighted by Crippen LogP contribution is 2.39. The molecule has 1 aliphatic heterocycles. The minimum absolute atomic E-state index is 0.0814. The molecule has 2 aromatic carbocycles. The Labute approximate surface area is 133 Å². The summed E-state index contributed by atoms with van der Waals surface area (Å²) >= 11 is 1.60. The molecule has 0 saturated carbocycles. The van der Waals surface area contributed by atoms with Crippen molar-refractivity contribution in [2.75, 3.05) is 12.3 Å². The van der Waals surface area contributed by atoms with Crippen LogP contribution in [-0.2, 0) is 4.79 Å². The van der Waals surface area contributed by atoms with E-state index in [1.54, 1.807) is 47.0 Å². The minimum Gasteiger partial charge on any atom is -0.322 e. The molecule has 4 heteroatoms. The summed E-state index contributed by atoms with van der Waals surface area (Å²) in [7, 11) is 0. The third-order valence-electron chi connectivity index (χ3n) is 3.56. The SMILES string of the molecule is O=C(/C=C/c1ccccc1)N1CCS[C@H]1c1ccccc1F. The summed E-state index contributed by atoms with van der Waals surface area (Å²) < 4.78 is 14.0. The van der Waals surface area contributed by atoms with Crippen molar-refractivity contribution in [3.05, 3.63) is 77.6 Å². The second-order valence-electron chi connectivity index (χ2n) is 5.02. The molecule has 112 valence electrons. The van der Waals surface area contributed by atoms with Gasteiger partial charge in [0.05, 0.1) is 0 Å². The van der Waals surface area contributed by atoms with E-state index in [0.717, 1.165) is 11.3 Å². The van der Waals surface area contributed by atoms with Gasteiger partial charge in [0.25, 0.3) is 0 Å². The lowest BCUT2D eigenvalue weighted by Crippen LogP contribution is -2.29. The second-order valence-corrected chi connectivity index (χ2v) is 6.21. The van der Waals surface area contributed by atoms with Crippen LogP contribution in [0.2, 0.25) is 0 Å². The number of carbonyl (C=O) groups is 1. The van der Waals surface area contributed by atoms with E-state index in [0.29, 0.717) is 12.1 Å². The van der Waals surface area contributed by atoms with Crippen molar-refractivity contribution in [3.8, 4) is 0 Å². The van der Waals surface area contributed by atoms with Gasteiger partial charge in [-0.15, -0.1) is 11.8 Å². The van der Waals surface area contributed by atoms with Crippen molar-refractivity contribution < 1.29 is 9.18 Å². The molecule has 2 aromatic rings. The maximum atomic E-state index is 14.0. The Morgan fingerprint density at radius 2 is 1.86 bits per heavy atom. The zero-order valence-electron chi connectivity index (χ0n) is 12.0. The van der Waals surface area contributed by atoms with E-state index < -0.39 is 0 Å². The molecular weight excluding hydrogens is 297 g/mol. The number of rotatable bonds is 3. The summed E-state index contributed by atoms with van der Waals surface area (Å²) in [5.41, 5.74) is 1.55. The van der Waals surface area contributed by atoms with Crippen molar-refractivity contribution in [2.45, 2.75) is 5.37 Å². The number of halogens is 1. The first kappa shape index (κ1) is 14.9. The highest BCUT2D eigenvalue weighted by molar-refractivity contribution is 7.99. The number of hydrogen-bond donors (Lipinski definition) is 0. The van der Waals surface area contributed by atoms with Crippen LogP contribution in [0.5, 0.6) is 0 Å². The van der Waals surface area contributed by atoms with Crippen LogP contribution in [0.15, 0.2) is 60.7 Å². The van der Waals surface area contributed by atoms with Crippen molar-refractivity contribution in [3.63, 3.8) is 0 Å². The average Bonchev–Trinajstić information content (AvgIpc) is 3.03. The van der Waals surface area contributed by atoms with Crippen LogP contribution in [0.25, 0.3) is 6.08 Å². The van der Waals surface area contributed by atoms with Gasteiger partial charge >= 0.3 is 0 Å². The summed E-state index contributed by atoms with van der Waals surface area (Å²) in [4.78, 5) is 14.1. The molecule has 1 atom stereocenters. The van der Waals surface area contributed by atoms with Crippen LogP contribution in [0.4, 0.5) is 4.39 Å². The van der Waals surface area contributed by atoms with Crippen molar-refractivity contribution >= 4 is 23.7 Å². The summed E-state index contributed by atoms with van der Waals surface area (Å²) in [5, 5.41) is -0.242. The first-order chi connectivity index (χ1) is 10.8. The lowest BCUT2D eigenvalue weighted by atomic mass is 10.2. The van der Waals surface area contributed by atoms with Crippen molar-refractivity contribution in [1.82, 2.24) is 4.90 Å². The number of nitrogens with zero attached hydrogens (tertiary/aromatic N) is 1. The summed E-state index contributed by atoms with van der Waals surface area (Å²) in [6.07, 6.45) is 3.36. The van der Waals surface area contributed by atoms with Gasteiger partial charge in [0.1, 0.15) is 11.2 Å². The van der Waals surface area contributed by atoms with E-state index in [1.165, 1.54) is 6.07 Å². The molecule has 1 fully saturated rings. The first-order valence-electron chi connectivity index (χ1n) is 7.15. The Hall–Kier alpha value is -2.07. The predicted octanol–water partition coefficient (Wildman–Crippen LogP) is 4.11. The highest BCUT2D eigenvalue weighted by Gasteiger charge is 2.31. The van der Waals surface area contributed by atoms with Crippen LogP contribution in [0, 0.1) is 5.82 Å². The average molecular weight is 313 g/mol.